The molecule has 0 spiro atoms. The summed E-state index contributed by atoms with van der Waals surface area (Å²) < 4.78 is 1.83. The molecule has 0 aliphatic rings. The lowest BCUT2D eigenvalue weighted by Crippen LogP contribution is -2.39. The number of nitrogens with zero attached hydrogens (tertiary/aromatic N) is 2. The van der Waals surface area contributed by atoms with Crippen LogP contribution in [-0.2, 0) is 11.3 Å². The molecule has 1 amide bonds. The minimum Gasteiger partial charge on any atom is -0.353 e. The Balaban J connectivity index is 2.04. The van der Waals surface area contributed by atoms with Crippen LogP contribution in [0.15, 0.2) is 18.5 Å². The van der Waals surface area contributed by atoms with Crippen molar-refractivity contribution in [2.45, 2.75) is 32.9 Å². The van der Waals surface area contributed by atoms with Crippen LogP contribution in [0, 0.1) is 0 Å². The fraction of sp³-hybridized carbons (Fsp3) is 0.636. The van der Waals surface area contributed by atoms with Crippen molar-refractivity contribution in [1.82, 2.24) is 20.4 Å². The van der Waals surface area contributed by atoms with Crippen molar-refractivity contribution in [2.75, 3.05) is 13.1 Å². The molecule has 0 saturated carbocycles. The number of carbonyl (C=O) groups excluding carboxylic acids is 1. The van der Waals surface area contributed by atoms with Crippen molar-refractivity contribution < 1.29 is 4.79 Å². The maximum atomic E-state index is 11.4. The third-order valence-electron chi connectivity index (χ3n) is 2.38. The maximum absolute atomic E-state index is 11.4. The first-order chi connectivity index (χ1) is 7.72. The molecular weight excluding hydrogens is 204 g/mol. The second-order valence-corrected chi connectivity index (χ2v) is 3.82. The Morgan fingerprint density at radius 1 is 1.56 bits per heavy atom. The molecule has 1 rings (SSSR count). The number of amides is 1. The average Bonchev–Trinajstić information content (AvgIpc) is 2.77. The molecule has 0 bridgehead atoms. The molecule has 1 aromatic rings. The molecule has 16 heavy (non-hydrogen) atoms. The van der Waals surface area contributed by atoms with E-state index < -0.39 is 0 Å². The zero-order valence-electron chi connectivity index (χ0n) is 9.94. The Morgan fingerprint density at radius 2 is 2.38 bits per heavy atom. The Hall–Kier alpha value is -1.36. The second-order valence-electron chi connectivity index (χ2n) is 3.82. The van der Waals surface area contributed by atoms with Crippen LogP contribution in [0.3, 0.4) is 0 Å². The standard InChI is InChI=1S/C11H20N4O/c1-3-10(2)14-11(16)9-12-6-8-15-7-4-5-13-15/h4-5,7,10,12H,3,6,8-9H2,1-2H3,(H,14,16). The third kappa shape index (κ3) is 4.93. The van der Waals surface area contributed by atoms with E-state index in [1.807, 2.05) is 23.9 Å². The fourth-order valence-corrected chi connectivity index (χ4v) is 1.26. The first-order valence-electron chi connectivity index (χ1n) is 5.70. The van der Waals surface area contributed by atoms with E-state index in [2.05, 4.69) is 22.7 Å². The molecule has 0 aliphatic heterocycles. The third-order valence-corrected chi connectivity index (χ3v) is 2.38. The summed E-state index contributed by atoms with van der Waals surface area (Å²) in [5, 5.41) is 10.1. The molecule has 5 nitrogen and oxygen atoms in total. The predicted molar refractivity (Wildman–Crippen MR) is 63.0 cm³/mol. The average molecular weight is 224 g/mol. The predicted octanol–water partition coefficient (Wildman–Crippen LogP) is 0.387. The van der Waals surface area contributed by atoms with Crippen LogP contribution < -0.4 is 10.6 Å². The molecule has 90 valence electrons. The van der Waals surface area contributed by atoms with E-state index in [-0.39, 0.29) is 11.9 Å². The highest BCUT2D eigenvalue weighted by Gasteiger charge is 2.03. The zero-order valence-corrected chi connectivity index (χ0v) is 9.94. The smallest absolute Gasteiger partial charge is 0.234 e. The lowest BCUT2D eigenvalue weighted by molar-refractivity contribution is -0.120. The summed E-state index contributed by atoms with van der Waals surface area (Å²) in [6.45, 7) is 5.95. The van der Waals surface area contributed by atoms with Gasteiger partial charge in [0.05, 0.1) is 13.1 Å². The summed E-state index contributed by atoms with van der Waals surface area (Å²) in [4.78, 5) is 11.4. The van der Waals surface area contributed by atoms with Crippen molar-refractivity contribution >= 4 is 5.91 Å². The van der Waals surface area contributed by atoms with Crippen molar-refractivity contribution in [3.8, 4) is 0 Å². The SMILES string of the molecule is CCC(C)NC(=O)CNCCn1cccn1. The first kappa shape index (κ1) is 12.7. The van der Waals surface area contributed by atoms with Crippen LogP contribution in [0.2, 0.25) is 0 Å². The Kier molecular flexibility index (Phi) is 5.56. The molecular formula is C11H20N4O. The monoisotopic (exact) mass is 224 g/mol. The summed E-state index contributed by atoms with van der Waals surface area (Å²) in [5.74, 6) is 0.0508. The number of hydrogen-bond acceptors (Lipinski definition) is 3. The number of nitrogens with one attached hydrogen (secondary N) is 2. The molecule has 0 fully saturated rings. The summed E-state index contributed by atoms with van der Waals surface area (Å²) in [5.41, 5.74) is 0. The largest absolute Gasteiger partial charge is 0.353 e. The van der Waals surface area contributed by atoms with Crippen molar-refractivity contribution in [3.05, 3.63) is 18.5 Å². The van der Waals surface area contributed by atoms with Crippen LogP contribution in [0.4, 0.5) is 0 Å². The Morgan fingerprint density at radius 3 is 3.00 bits per heavy atom. The van der Waals surface area contributed by atoms with Crippen LogP contribution in [0.1, 0.15) is 20.3 Å². The van der Waals surface area contributed by atoms with E-state index in [0.717, 1.165) is 19.5 Å². The number of hydrogen-bond donors (Lipinski definition) is 2. The molecule has 0 aliphatic carbocycles. The molecule has 2 N–H and O–H groups in total. The summed E-state index contributed by atoms with van der Waals surface area (Å²) in [6.07, 6.45) is 4.61. The lowest BCUT2D eigenvalue weighted by Gasteiger charge is -2.11. The van der Waals surface area contributed by atoms with Gasteiger partial charge in [0.2, 0.25) is 5.91 Å². The van der Waals surface area contributed by atoms with Gasteiger partial charge in [-0.15, -0.1) is 0 Å². The normalized spacial score (nSPS) is 12.4. The minimum atomic E-state index is 0.0508. The molecule has 0 saturated heterocycles. The molecule has 1 aromatic heterocycles. The lowest BCUT2D eigenvalue weighted by atomic mass is 10.2. The van der Waals surface area contributed by atoms with Crippen LogP contribution >= 0.6 is 0 Å². The fourth-order valence-electron chi connectivity index (χ4n) is 1.26. The van der Waals surface area contributed by atoms with Gasteiger partial charge in [-0.1, -0.05) is 6.92 Å². The van der Waals surface area contributed by atoms with Crippen molar-refractivity contribution in [1.29, 1.82) is 0 Å². The van der Waals surface area contributed by atoms with Gasteiger partial charge in [0.25, 0.3) is 0 Å². The van der Waals surface area contributed by atoms with Gasteiger partial charge in [0.1, 0.15) is 0 Å². The number of aromatic nitrogens is 2. The molecule has 1 heterocycles. The van der Waals surface area contributed by atoms with Gasteiger partial charge < -0.3 is 10.6 Å². The molecule has 0 aromatic carbocycles. The van der Waals surface area contributed by atoms with E-state index in [1.165, 1.54) is 0 Å². The zero-order chi connectivity index (χ0) is 11.8. The van der Waals surface area contributed by atoms with E-state index in [9.17, 15) is 4.79 Å². The number of rotatable bonds is 7. The van der Waals surface area contributed by atoms with Crippen LogP contribution in [-0.4, -0.2) is 34.8 Å². The van der Waals surface area contributed by atoms with Gasteiger partial charge >= 0.3 is 0 Å². The summed E-state index contributed by atoms with van der Waals surface area (Å²) >= 11 is 0. The number of carbonyl (C=O) groups is 1. The first-order valence-corrected chi connectivity index (χ1v) is 5.70. The highest BCUT2D eigenvalue weighted by Crippen LogP contribution is 1.86. The molecule has 1 atom stereocenters. The minimum absolute atomic E-state index is 0.0508. The van der Waals surface area contributed by atoms with Crippen LogP contribution in [0.25, 0.3) is 0 Å². The van der Waals surface area contributed by atoms with E-state index >= 15 is 0 Å². The molecule has 1 unspecified atom stereocenters. The summed E-state index contributed by atoms with van der Waals surface area (Å²) in [6, 6.07) is 2.13. The van der Waals surface area contributed by atoms with E-state index in [1.54, 1.807) is 6.20 Å². The highest BCUT2D eigenvalue weighted by molar-refractivity contribution is 5.78. The molecule has 5 heteroatoms. The van der Waals surface area contributed by atoms with Crippen molar-refractivity contribution in [3.63, 3.8) is 0 Å². The van der Waals surface area contributed by atoms with Gasteiger partial charge in [0, 0.05) is 25.0 Å². The Bertz CT molecular complexity index is 297. The van der Waals surface area contributed by atoms with Crippen LogP contribution in [0.5, 0.6) is 0 Å². The second kappa shape index (κ2) is 7.00. The van der Waals surface area contributed by atoms with Gasteiger partial charge in [0.15, 0.2) is 0 Å². The quantitative estimate of drug-likeness (QED) is 0.659. The topological polar surface area (TPSA) is 59.0 Å². The van der Waals surface area contributed by atoms with Crippen molar-refractivity contribution in [2.24, 2.45) is 0 Å². The van der Waals surface area contributed by atoms with Gasteiger partial charge in [-0.05, 0) is 19.4 Å². The highest BCUT2D eigenvalue weighted by atomic mass is 16.1. The van der Waals surface area contributed by atoms with Gasteiger partial charge in [-0.25, -0.2) is 0 Å². The van der Waals surface area contributed by atoms with Gasteiger partial charge in [-0.2, -0.15) is 5.10 Å². The van der Waals surface area contributed by atoms with E-state index in [0.29, 0.717) is 6.54 Å². The maximum Gasteiger partial charge on any atom is 0.234 e. The Labute approximate surface area is 96.2 Å². The van der Waals surface area contributed by atoms with Gasteiger partial charge in [-0.3, -0.25) is 9.48 Å². The van der Waals surface area contributed by atoms with E-state index in [4.69, 9.17) is 0 Å². The summed E-state index contributed by atoms with van der Waals surface area (Å²) in [7, 11) is 0. The molecule has 0 radical (unpaired) electrons.